The SMILES string of the molecule is COc1cccc2c(N=C(N)C3CC3c3ccc(C(N)=O)c(F)c3)nc(N)nc12. The van der Waals surface area contributed by atoms with Gasteiger partial charge in [-0.1, -0.05) is 12.1 Å². The molecule has 8 nitrogen and oxygen atoms in total. The van der Waals surface area contributed by atoms with Crippen molar-refractivity contribution in [1.29, 1.82) is 0 Å². The van der Waals surface area contributed by atoms with Gasteiger partial charge >= 0.3 is 0 Å². The highest BCUT2D eigenvalue weighted by Crippen LogP contribution is 2.48. The van der Waals surface area contributed by atoms with Gasteiger partial charge in [-0.25, -0.2) is 14.4 Å². The Bertz CT molecular complexity index is 1160. The number of halogens is 1. The summed E-state index contributed by atoms with van der Waals surface area (Å²) in [5.41, 5.74) is 18.3. The number of ether oxygens (including phenoxy) is 1. The lowest BCUT2D eigenvalue weighted by Gasteiger charge is -2.08. The molecule has 148 valence electrons. The fraction of sp³-hybridized carbons (Fsp3) is 0.200. The van der Waals surface area contributed by atoms with Gasteiger partial charge in [0.1, 0.15) is 22.9 Å². The second-order valence-corrected chi connectivity index (χ2v) is 6.85. The molecule has 0 spiro atoms. The number of para-hydroxylation sites is 1. The number of benzene rings is 2. The zero-order chi connectivity index (χ0) is 20.7. The van der Waals surface area contributed by atoms with Gasteiger partial charge in [0.2, 0.25) is 5.95 Å². The maximum atomic E-state index is 14.0. The molecular formula is C20H19FN6O2. The van der Waals surface area contributed by atoms with E-state index in [0.717, 1.165) is 5.56 Å². The van der Waals surface area contributed by atoms with E-state index >= 15 is 0 Å². The maximum absolute atomic E-state index is 14.0. The molecule has 1 aliphatic carbocycles. The predicted molar refractivity (Wildman–Crippen MR) is 108 cm³/mol. The Morgan fingerprint density at radius 1 is 1.24 bits per heavy atom. The molecule has 6 N–H and O–H groups in total. The van der Waals surface area contributed by atoms with Crippen LogP contribution in [0.1, 0.15) is 28.3 Å². The minimum atomic E-state index is -0.800. The van der Waals surface area contributed by atoms with Gasteiger partial charge in [-0.15, -0.1) is 0 Å². The third-order valence-electron chi connectivity index (χ3n) is 5.00. The van der Waals surface area contributed by atoms with E-state index in [1.165, 1.54) is 12.1 Å². The van der Waals surface area contributed by atoms with Crippen molar-refractivity contribution >= 4 is 34.4 Å². The van der Waals surface area contributed by atoms with Crippen molar-refractivity contribution in [3.63, 3.8) is 0 Å². The minimum Gasteiger partial charge on any atom is -0.494 e. The zero-order valence-corrected chi connectivity index (χ0v) is 15.6. The number of nitrogens with two attached hydrogens (primary N) is 3. The Labute approximate surface area is 165 Å². The van der Waals surface area contributed by atoms with Gasteiger partial charge in [-0.05, 0) is 42.2 Å². The number of nitrogens with zero attached hydrogens (tertiary/aromatic N) is 3. The molecule has 4 rings (SSSR count). The van der Waals surface area contributed by atoms with Gasteiger partial charge in [0.15, 0.2) is 5.82 Å². The van der Waals surface area contributed by atoms with Crippen LogP contribution in [0.5, 0.6) is 5.75 Å². The monoisotopic (exact) mass is 394 g/mol. The lowest BCUT2D eigenvalue weighted by atomic mass is 10.1. The van der Waals surface area contributed by atoms with Crippen molar-refractivity contribution in [3.05, 3.63) is 53.3 Å². The number of methoxy groups -OCH3 is 1. The summed E-state index contributed by atoms with van der Waals surface area (Å²) in [6.45, 7) is 0. The summed E-state index contributed by atoms with van der Waals surface area (Å²) in [5, 5.41) is 0.663. The minimum absolute atomic E-state index is 0.00941. The van der Waals surface area contributed by atoms with Crippen molar-refractivity contribution in [2.24, 2.45) is 22.4 Å². The number of carbonyl (C=O) groups excluding carboxylic acids is 1. The number of aliphatic imine (C=N–C) groups is 1. The molecule has 1 saturated carbocycles. The number of nitrogen functional groups attached to an aromatic ring is 1. The summed E-state index contributed by atoms with van der Waals surface area (Å²) >= 11 is 0. The van der Waals surface area contributed by atoms with Crippen molar-refractivity contribution < 1.29 is 13.9 Å². The number of amidine groups is 1. The predicted octanol–water partition coefficient (Wildman–Crippen LogP) is 2.25. The number of hydrogen-bond acceptors (Lipinski definition) is 6. The number of primary amides is 1. The Kier molecular flexibility index (Phi) is 4.50. The molecule has 0 saturated heterocycles. The van der Waals surface area contributed by atoms with Crippen LogP contribution >= 0.6 is 0 Å². The van der Waals surface area contributed by atoms with Crippen molar-refractivity contribution in [1.82, 2.24) is 9.97 Å². The number of amides is 1. The van der Waals surface area contributed by atoms with Gasteiger partial charge in [-0.2, -0.15) is 4.98 Å². The molecular weight excluding hydrogens is 375 g/mol. The number of carbonyl (C=O) groups is 1. The summed E-state index contributed by atoms with van der Waals surface area (Å²) < 4.78 is 19.4. The first-order valence-electron chi connectivity index (χ1n) is 8.92. The second kappa shape index (κ2) is 7.01. The normalized spacial score (nSPS) is 18.6. The van der Waals surface area contributed by atoms with Gasteiger partial charge in [0, 0.05) is 11.3 Å². The molecule has 1 aromatic heterocycles. The second-order valence-electron chi connectivity index (χ2n) is 6.85. The Morgan fingerprint density at radius 3 is 2.72 bits per heavy atom. The molecule has 1 aliphatic rings. The molecule has 2 atom stereocenters. The largest absolute Gasteiger partial charge is 0.494 e. The quantitative estimate of drug-likeness (QED) is 0.447. The molecule has 0 bridgehead atoms. The van der Waals surface area contributed by atoms with E-state index in [1.54, 1.807) is 25.3 Å². The van der Waals surface area contributed by atoms with Gasteiger partial charge in [-0.3, -0.25) is 4.79 Å². The average molecular weight is 394 g/mol. The number of fused-ring (bicyclic) bond motifs is 1. The first-order valence-corrected chi connectivity index (χ1v) is 8.92. The molecule has 0 radical (unpaired) electrons. The zero-order valence-electron chi connectivity index (χ0n) is 15.6. The van der Waals surface area contributed by atoms with E-state index < -0.39 is 11.7 Å². The highest BCUT2D eigenvalue weighted by atomic mass is 19.1. The van der Waals surface area contributed by atoms with Crippen LogP contribution < -0.4 is 21.9 Å². The first-order chi connectivity index (χ1) is 13.9. The molecule has 2 unspecified atom stereocenters. The van der Waals surface area contributed by atoms with Crippen LogP contribution in [0.2, 0.25) is 0 Å². The van der Waals surface area contributed by atoms with Crippen LogP contribution in [0.3, 0.4) is 0 Å². The Morgan fingerprint density at radius 2 is 2.03 bits per heavy atom. The molecule has 9 heteroatoms. The van der Waals surface area contributed by atoms with Crippen molar-refractivity contribution in [3.8, 4) is 5.75 Å². The Hall–Kier alpha value is -3.75. The van der Waals surface area contributed by atoms with Gasteiger partial charge in [0.05, 0.1) is 12.7 Å². The van der Waals surface area contributed by atoms with Crippen LogP contribution in [0.15, 0.2) is 41.4 Å². The smallest absolute Gasteiger partial charge is 0.251 e. The number of anilines is 1. The maximum Gasteiger partial charge on any atom is 0.251 e. The summed E-state index contributed by atoms with van der Waals surface area (Å²) in [4.78, 5) is 24.1. The van der Waals surface area contributed by atoms with E-state index in [2.05, 4.69) is 15.0 Å². The molecule has 1 fully saturated rings. The van der Waals surface area contributed by atoms with Crippen LogP contribution in [0, 0.1) is 11.7 Å². The average Bonchev–Trinajstić information content (AvgIpc) is 3.48. The highest BCUT2D eigenvalue weighted by Gasteiger charge is 2.41. The summed E-state index contributed by atoms with van der Waals surface area (Å²) in [6, 6.07) is 9.78. The van der Waals surface area contributed by atoms with E-state index in [9.17, 15) is 9.18 Å². The topological polar surface area (TPSA) is 142 Å². The number of rotatable bonds is 5. The first kappa shape index (κ1) is 18.6. The van der Waals surface area contributed by atoms with Crippen LogP contribution in [-0.4, -0.2) is 28.8 Å². The Balaban J connectivity index is 1.64. The fourth-order valence-corrected chi connectivity index (χ4v) is 3.43. The molecule has 2 aromatic carbocycles. The van der Waals surface area contributed by atoms with Crippen LogP contribution in [-0.2, 0) is 0 Å². The van der Waals surface area contributed by atoms with Crippen molar-refractivity contribution in [2.75, 3.05) is 12.8 Å². The summed E-state index contributed by atoms with van der Waals surface area (Å²) in [5.74, 6) is -0.155. The molecule has 1 heterocycles. The lowest BCUT2D eigenvalue weighted by molar-refractivity contribution is 0.0996. The fourth-order valence-electron chi connectivity index (χ4n) is 3.43. The third-order valence-corrected chi connectivity index (χ3v) is 5.00. The summed E-state index contributed by atoms with van der Waals surface area (Å²) in [7, 11) is 1.54. The standard InChI is InChI=1S/C20H19FN6O2/c1-29-15-4-2-3-11-16(15)25-20(24)27-19(11)26-17(22)13-8-12(13)9-5-6-10(18(23)28)14(21)7-9/h2-7,12-13H,8H2,1H3,(H2,23,28)(H4,22,24,25,26,27). The molecule has 0 aliphatic heterocycles. The third kappa shape index (κ3) is 3.42. The molecule has 29 heavy (non-hydrogen) atoms. The number of hydrogen-bond donors (Lipinski definition) is 3. The lowest BCUT2D eigenvalue weighted by Crippen LogP contribution is -2.15. The van der Waals surface area contributed by atoms with E-state index in [0.29, 0.717) is 34.7 Å². The number of aromatic nitrogens is 2. The van der Waals surface area contributed by atoms with E-state index in [1.807, 2.05) is 6.07 Å². The molecule has 3 aromatic rings. The van der Waals surface area contributed by atoms with E-state index in [-0.39, 0.29) is 23.3 Å². The van der Waals surface area contributed by atoms with Gasteiger partial charge in [0.25, 0.3) is 5.91 Å². The van der Waals surface area contributed by atoms with Crippen LogP contribution in [0.25, 0.3) is 10.9 Å². The van der Waals surface area contributed by atoms with Gasteiger partial charge < -0.3 is 21.9 Å². The van der Waals surface area contributed by atoms with Crippen LogP contribution in [0.4, 0.5) is 16.2 Å². The highest BCUT2D eigenvalue weighted by molar-refractivity contribution is 5.97. The van der Waals surface area contributed by atoms with Crippen molar-refractivity contribution in [2.45, 2.75) is 12.3 Å². The summed E-state index contributed by atoms with van der Waals surface area (Å²) in [6.07, 6.45) is 0.715. The molecule has 1 amide bonds. The van der Waals surface area contributed by atoms with E-state index in [4.69, 9.17) is 21.9 Å².